The molecule has 0 amide bonds. The zero-order valence-electron chi connectivity index (χ0n) is 25.8. The van der Waals surface area contributed by atoms with E-state index in [9.17, 15) is 0 Å². The minimum absolute atomic E-state index is 0.320. The summed E-state index contributed by atoms with van der Waals surface area (Å²) in [7, 11) is 0. The van der Waals surface area contributed by atoms with Crippen LogP contribution in [-0.2, 0) is 6.42 Å². The number of nitrogens with zero attached hydrogens (tertiary/aromatic N) is 2. The molecule has 0 saturated heterocycles. The molecule has 0 bridgehead atoms. The van der Waals surface area contributed by atoms with Gasteiger partial charge in [0.2, 0.25) is 0 Å². The van der Waals surface area contributed by atoms with Crippen LogP contribution in [0, 0.1) is 0 Å². The molecule has 6 aromatic rings. The van der Waals surface area contributed by atoms with Crippen LogP contribution in [0.4, 0.5) is 28.4 Å². The Kier molecular flexibility index (Phi) is 7.54. The third-order valence-corrected chi connectivity index (χ3v) is 9.23. The van der Waals surface area contributed by atoms with Gasteiger partial charge < -0.3 is 9.80 Å². The summed E-state index contributed by atoms with van der Waals surface area (Å²) in [6.07, 6.45) is 14.8. The van der Waals surface area contributed by atoms with Crippen molar-refractivity contribution in [1.29, 1.82) is 0 Å². The van der Waals surface area contributed by atoms with Gasteiger partial charge in [-0.3, -0.25) is 0 Å². The molecule has 2 aliphatic carbocycles. The summed E-state index contributed by atoms with van der Waals surface area (Å²) in [5, 5.41) is 2.50. The molecule has 46 heavy (non-hydrogen) atoms. The summed E-state index contributed by atoms with van der Waals surface area (Å²) < 4.78 is 0. The van der Waals surface area contributed by atoms with Crippen molar-refractivity contribution in [2.45, 2.75) is 25.2 Å². The van der Waals surface area contributed by atoms with Gasteiger partial charge in [-0.25, -0.2) is 0 Å². The maximum Gasteiger partial charge on any atom is 0.0539 e. The smallest absolute Gasteiger partial charge is 0.0539 e. The Bertz CT molecular complexity index is 2070. The average Bonchev–Trinajstić information content (AvgIpc) is 3.14. The van der Waals surface area contributed by atoms with Crippen molar-refractivity contribution < 1.29 is 0 Å². The van der Waals surface area contributed by atoms with Gasteiger partial charge in [0.15, 0.2) is 0 Å². The van der Waals surface area contributed by atoms with E-state index in [0.717, 1.165) is 24.9 Å². The molecule has 0 fully saturated rings. The van der Waals surface area contributed by atoms with Crippen LogP contribution in [0.2, 0.25) is 0 Å². The largest absolute Gasteiger partial charge is 0.310 e. The van der Waals surface area contributed by atoms with Crippen LogP contribution >= 0.6 is 0 Å². The van der Waals surface area contributed by atoms with Crippen LogP contribution in [0.5, 0.6) is 0 Å². The Balaban J connectivity index is 1.10. The summed E-state index contributed by atoms with van der Waals surface area (Å²) >= 11 is 0. The Labute approximate surface area is 271 Å². The first-order valence-electron chi connectivity index (χ1n) is 16.3. The molecule has 0 aromatic heterocycles. The third-order valence-electron chi connectivity index (χ3n) is 9.23. The Morgan fingerprint density at radius 1 is 0.522 bits per heavy atom. The van der Waals surface area contributed by atoms with E-state index in [2.05, 4.69) is 186 Å². The molecule has 8 rings (SSSR count). The molecule has 0 N–H and O–H groups in total. The molecule has 6 aromatic carbocycles. The van der Waals surface area contributed by atoms with Crippen LogP contribution in [-0.4, -0.2) is 0 Å². The highest BCUT2D eigenvalue weighted by Gasteiger charge is 2.21. The lowest BCUT2D eigenvalue weighted by Gasteiger charge is -2.30. The number of rotatable bonds is 7. The second-order valence-corrected chi connectivity index (χ2v) is 12.1. The highest BCUT2D eigenvalue weighted by molar-refractivity contribution is 5.97. The molecule has 222 valence electrons. The normalized spacial score (nSPS) is 15.3. The number of hydrogen-bond donors (Lipinski definition) is 0. The summed E-state index contributed by atoms with van der Waals surface area (Å²) in [6.45, 7) is 0. The van der Waals surface area contributed by atoms with E-state index in [0.29, 0.717) is 5.92 Å². The van der Waals surface area contributed by atoms with Crippen molar-refractivity contribution in [3.8, 4) is 0 Å². The fourth-order valence-corrected chi connectivity index (χ4v) is 6.95. The molecular formula is C44H36N2. The zero-order chi connectivity index (χ0) is 30.7. The lowest BCUT2D eigenvalue weighted by molar-refractivity contribution is 0.840. The van der Waals surface area contributed by atoms with Crippen LogP contribution in [0.3, 0.4) is 0 Å². The van der Waals surface area contributed by atoms with Gasteiger partial charge in [-0.05, 0) is 90.4 Å². The molecule has 2 aliphatic rings. The average molecular weight is 593 g/mol. The summed E-state index contributed by atoms with van der Waals surface area (Å²) in [6, 6.07) is 52.6. The molecule has 1 unspecified atom stereocenters. The van der Waals surface area contributed by atoms with E-state index in [1.165, 1.54) is 55.9 Å². The van der Waals surface area contributed by atoms with Crippen molar-refractivity contribution in [1.82, 2.24) is 0 Å². The number of benzene rings is 6. The molecular weight excluding hydrogens is 556 g/mol. The topological polar surface area (TPSA) is 6.48 Å². The Morgan fingerprint density at radius 3 is 1.93 bits per heavy atom. The van der Waals surface area contributed by atoms with Gasteiger partial charge >= 0.3 is 0 Å². The first kappa shape index (κ1) is 27.9. The second kappa shape index (κ2) is 12.4. The van der Waals surface area contributed by atoms with E-state index in [1.54, 1.807) is 0 Å². The molecule has 2 nitrogen and oxygen atoms in total. The van der Waals surface area contributed by atoms with E-state index in [4.69, 9.17) is 0 Å². The number of aryl methyl sites for hydroxylation is 1. The minimum atomic E-state index is 0.320. The summed E-state index contributed by atoms with van der Waals surface area (Å²) in [4.78, 5) is 4.79. The Hall–Kier alpha value is -5.60. The second-order valence-electron chi connectivity index (χ2n) is 12.1. The van der Waals surface area contributed by atoms with Crippen molar-refractivity contribution in [2.24, 2.45) is 0 Å². The number of para-hydroxylation sites is 2. The maximum absolute atomic E-state index is 2.40. The molecule has 0 aliphatic heterocycles. The predicted octanol–water partition coefficient (Wildman–Crippen LogP) is 12.0. The predicted molar refractivity (Wildman–Crippen MR) is 196 cm³/mol. The van der Waals surface area contributed by atoms with E-state index in [-0.39, 0.29) is 0 Å². The first-order chi connectivity index (χ1) is 22.8. The standard InChI is InChI=1S/C44H36N2/c1-3-17-37(18-4-1)45(43-23-11-15-35-13-7-9-21-41(35)43)39-29-25-33(26-30-39)34-27-31-40(32-28-34)46(38-19-5-2-6-20-38)44-24-12-16-36-14-8-10-22-42(36)44/h1-7,9-13,15-25,27-33H,8,14,26H2. The van der Waals surface area contributed by atoms with E-state index in [1.807, 2.05) is 0 Å². The van der Waals surface area contributed by atoms with Gasteiger partial charge in [-0.2, -0.15) is 0 Å². The van der Waals surface area contributed by atoms with Crippen molar-refractivity contribution in [2.75, 3.05) is 9.80 Å². The van der Waals surface area contributed by atoms with Crippen LogP contribution in [0.1, 0.15) is 35.4 Å². The van der Waals surface area contributed by atoms with Crippen molar-refractivity contribution in [3.63, 3.8) is 0 Å². The van der Waals surface area contributed by atoms with Crippen molar-refractivity contribution in [3.05, 3.63) is 192 Å². The van der Waals surface area contributed by atoms with Crippen LogP contribution in [0.25, 0.3) is 16.8 Å². The zero-order valence-corrected chi connectivity index (χ0v) is 25.8. The highest BCUT2D eigenvalue weighted by Crippen LogP contribution is 2.41. The lowest BCUT2D eigenvalue weighted by atomic mass is 9.90. The van der Waals surface area contributed by atoms with Gasteiger partial charge in [0.05, 0.1) is 11.4 Å². The van der Waals surface area contributed by atoms with Crippen LogP contribution in [0.15, 0.2) is 176 Å². The number of fused-ring (bicyclic) bond motifs is 2. The van der Waals surface area contributed by atoms with Gasteiger partial charge in [0.1, 0.15) is 0 Å². The minimum Gasteiger partial charge on any atom is -0.310 e. The van der Waals surface area contributed by atoms with E-state index >= 15 is 0 Å². The van der Waals surface area contributed by atoms with Crippen LogP contribution < -0.4 is 9.80 Å². The maximum atomic E-state index is 2.40. The first-order valence-corrected chi connectivity index (χ1v) is 16.3. The monoisotopic (exact) mass is 592 g/mol. The summed E-state index contributed by atoms with van der Waals surface area (Å²) in [5.41, 5.74) is 11.2. The fourth-order valence-electron chi connectivity index (χ4n) is 6.95. The molecule has 2 heteroatoms. The molecule has 0 radical (unpaired) electrons. The van der Waals surface area contributed by atoms with Gasteiger partial charge in [0, 0.05) is 39.6 Å². The number of hydrogen-bond acceptors (Lipinski definition) is 2. The molecule has 0 heterocycles. The van der Waals surface area contributed by atoms with Gasteiger partial charge in [-0.15, -0.1) is 0 Å². The molecule has 0 spiro atoms. The molecule has 0 saturated carbocycles. The third kappa shape index (κ3) is 5.33. The highest BCUT2D eigenvalue weighted by atomic mass is 15.2. The fraction of sp³-hybridized carbons (Fsp3) is 0.0909. The van der Waals surface area contributed by atoms with Gasteiger partial charge in [0.25, 0.3) is 0 Å². The quantitative estimate of drug-likeness (QED) is 0.182. The lowest BCUT2D eigenvalue weighted by Crippen LogP contribution is -2.17. The Morgan fingerprint density at radius 2 is 1.17 bits per heavy atom. The number of anilines is 5. The van der Waals surface area contributed by atoms with Crippen molar-refractivity contribution >= 4 is 45.3 Å². The SMILES string of the molecule is C1=Cc2c(cccc2N(c2ccccc2)c2ccc(C3C=CC(N(c4ccccc4)c4cccc5ccccc45)=CC3)cc2)CC1. The molecule has 1 atom stereocenters. The van der Waals surface area contributed by atoms with Gasteiger partial charge in [-0.1, -0.05) is 121 Å². The van der Waals surface area contributed by atoms with E-state index < -0.39 is 0 Å². The summed E-state index contributed by atoms with van der Waals surface area (Å²) in [5.74, 6) is 0.320. The number of allylic oxidation sites excluding steroid dienone is 4.